The third-order valence-electron chi connectivity index (χ3n) is 6.91. The molecule has 28 heavy (non-hydrogen) atoms. The molecule has 5 rings (SSSR count). The Labute approximate surface area is 164 Å². The normalized spacial score (nSPS) is 31.4. The van der Waals surface area contributed by atoms with Gasteiger partial charge in [-0.25, -0.2) is 0 Å². The molecule has 3 N–H and O–H groups in total. The average molecular weight is 382 g/mol. The van der Waals surface area contributed by atoms with Crippen LogP contribution >= 0.6 is 0 Å². The molecule has 3 fully saturated rings. The second kappa shape index (κ2) is 6.67. The quantitative estimate of drug-likeness (QED) is 0.656. The predicted octanol–water partition coefficient (Wildman–Crippen LogP) is 0.822. The number of rotatable bonds is 5. The summed E-state index contributed by atoms with van der Waals surface area (Å²) in [7, 11) is 0. The lowest BCUT2D eigenvalue weighted by atomic mass is 9.88. The van der Waals surface area contributed by atoms with Crippen LogP contribution in [0.1, 0.15) is 60.0 Å². The van der Waals surface area contributed by atoms with Crippen LogP contribution in [0.2, 0.25) is 0 Å². The largest absolute Gasteiger partial charge is 0.322 e. The minimum absolute atomic E-state index is 0.110. The lowest BCUT2D eigenvalue weighted by Gasteiger charge is -2.29. The molecule has 3 amide bonds. The SMILES string of the molecule is O=C1CCC(N2Cc3c(CNCC45CCC(CC4)N5)cccc3C2=O)C(=O)N1. The predicted molar refractivity (Wildman–Crippen MR) is 102 cm³/mol. The fraction of sp³-hybridized carbons (Fsp3) is 0.571. The lowest BCUT2D eigenvalue weighted by Crippen LogP contribution is -2.52. The molecule has 7 nitrogen and oxygen atoms in total. The highest BCUT2D eigenvalue weighted by molar-refractivity contribution is 6.05. The summed E-state index contributed by atoms with van der Waals surface area (Å²) in [5.74, 6) is -0.732. The van der Waals surface area contributed by atoms with Crippen molar-refractivity contribution in [2.75, 3.05) is 6.54 Å². The summed E-state index contributed by atoms with van der Waals surface area (Å²) in [5, 5.41) is 9.71. The van der Waals surface area contributed by atoms with Gasteiger partial charge in [0.2, 0.25) is 11.8 Å². The topological polar surface area (TPSA) is 90.5 Å². The van der Waals surface area contributed by atoms with Gasteiger partial charge in [-0.05, 0) is 49.3 Å². The van der Waals surface area contributed by atoms with Crippen molar-refractivity contribution in [2.45, 2.75) is 69.2 Å². The zero-order chi connectivity index (χ0) is 19.3. The van der Waals surface area contributed by atoms with Gasteiger partial charge >= 0.3 is 0 Å². The molecule has 0 aliphatic carbocycles. The number of imide groups is 1. The van der Waals surface area contributed by atoms with Crippen LogP contribution in [0.3, 0.4) is 0 Å². The lowest BCUT2D eigenvalue weighted by molar-refractivity contribution is -0.136. The number of hydrogen-bond acceptors (Lipinski definition) is 5. The number of carbonyl (C=O) groups excluding carboxylic acids is 3. The first-order valence-corrected chi connectivity index (χ1v) is 10.3. The molecule has 148 valence electrons. The van der Waals surface area contributed by atoms with E-state index in [4.69, 9.17) is 0 Å². The molecule has 0 radical (unpaired) electrons. The highest BCUT2D eigenvalue weighted by atomic mass is 16.2. The number of hydrogen-bond donors (Lipinski definition) is 3. The minimum atomic E-state index is -0.560. The van der Waals surface area contributed by atoms with E-state index in [1.807, 2.05) is 12.1 Å². The van der Waals surface area contributed by atoms with E-state index in [1.165, 1.54) is 25.7 Å². The molecule has 4 heterocycles. The van der Waals surface area contributed by atoms with Crippen molar-refractivity contribution in [3.63, 3.8) is 0 Å². The maximum atomic E-state index is 12.9. The van der Waals surface area contributed by atoms with E-state index >= 15 is 0 Å². The molecule has 3 saturated heterocycles. The number of fused-ring (bicyclic) bond motifs is 3. The molecule has 4 aliphatic rings. The van der Waals surface area contributed by atoms with Gasteiger partial charge in [0.15, 0.2) is 0 Å². The second-order valence-corrected chi connectivity index (χ2v) is 8.65. The Morgan fingerprint density at radius 1 is 1.14 bits per heavy atom. The first-order chi connectivity index (χ1) is 13.5. The first-order valence-electron chi connectivity index (χ1n) is 10.3. The Morgan fingerprint density at radius 3 is 2.68 bits per heavy atom. The van der Waals surface area contributed by atoms with Crippen molar-refractivity contribution in [2.24, 2.45) is 0 Å². The first kappa shape index (κ1) is 17.8. The van der Waals surface area contributed by atoms with E-state index in [1.54, 1.807) is 4.90 Å². The van der Waals surface area contributed by atoms with Crippen molar-refractivity contribution in [3.8, 4) is 0 Å². The third-order valence-corrected chi connectivity index (χ3v) is 6.91. The van der Waals surface area contributed by atoms with Crippen LogP contribution in [0.25, 0.3) is 0 Å². The van der Waals surface area contributed by atoms with Crippen LogP contribution in [0.4, 0.5) is 0 Å². The molecular formula is C21H26N4O3. The zero-order valence-corrected chi connectivity index (χ0v) is 15.9. The van der Waals surface area contributed by atoms with Gasteiger partial charge in [-0.3, -0.25) is 19.7 Å². The van der Waals surface area contributed by atoms with Gasteiger partial charge in [0.1, 0.15) is 6.04 Å². The van der Waals surface area contributed by atoms with Crippen LogP contribution < -0.4 is 16.0 Å². The number of nitrogens with one attached hydrogen (secondary N) is 3. The van der Waals surface area contributed by atoms with Gasteiger partial charge in [-0.2, -0.15) is 0 Å². The minimum Gasteiger partial charge on any atom is -0.322 e. The summed E-state index contributed by atoms with van der Waals surface area (Å²) >= 11 is 0. The van der Waals surface area contributed by atoms with E-state index in [2.05, 4.69) is 22.0 Å². The van der Waals surface area contributed by atoms with Gasteiger partial charge in [0.05, 0.1) is 0 Å². The number of benzene rings is 1. The summed E-state index contributed by atoms with van der Waals surface area (Å²) < 4.78 is 0. The van der Waals surface area contributed by atoms with E-state index in [-0.39, 0.29) is 29.7 Å². The molecule has 0 saturated carbocycles. The fourth-order valence-electron chi connectivity index (χ4n) is 5.37. The number of piperidine rings is 1. The third kappa shape index (κ3) is 2.93. The smallest absolute Gasteiger partial charge is 0.255 e. The van der Waals surface area contributed by atoms with Crippen LogP contribution in [0.15, 0.2) is 18.2 Å². The molecule has 1 aromatic carbocycles. The Balaban J connectivity index is 1.28. The summed E-state index contributed by atoms with van der Waals surface area (Å²) in [6, 6.07) is 5.95. The van der Waals surface area contributed by atoms with E-state index in [0.717, 1.165) is 17.7 Å². The van der Waals surface area contributed by atoms with Gasteiger partial charge in [-0.15, -0.1) is 0 Å². The van der Waals surface area contributed by atoms with Gasteiger partial charge in [0, 0.05) is 43.2 Å². The summed E-state index contributed by atoms with van der Waals surface area (Å²) in [6.45, 7) is 2.09. The molecule has 1 unspecified atom stereocenters. The van der Waals surface area contributed by atoms with E-state index < -0.39 is 6.04 Å². The number of amides is 3. The number of nitrogens with zero attached hydrogens (tertiary/aromatic N) is 1. The van der Waals surface area contributed by atoms with Gasteiger partial charge in [0.25, 0.3) is 5.91 Å². The molecule has 0 aromatic heterocycles. The summed E-state index contributed by atoms with van der Waals surface area (Å²) in [4.78, 5) is 38.2. The van der Waals surface area contributed by atoms with E-state index in [9.17, 15) is 14.4 Å². The Kier molecular flexibility index (Phi) is 4.25. The summed E-state index contributed by atoms with van der Waals surface area (Å²) in [5.41, 5.74) is 3.05. The summed E-state index contributed by atoms with van der Waals surface area (Å²) in [6.07, 6.45) is 5.70. The number of carbonyl (C=O) groups is 3. The van der Waals surface area contributed by atoms with Crippen LogP contribution in [-0.4, -0.2) is 46.8 Å². The fourth-order valence-corrected chi connectivity index (χ4v) is 5.37. The van der Waals surface area contributed by atoms with Crippen LogP contribution in [0, 0.1) is 0 Å². The molecule has 1 aromatic rings. The van der Waals surface area contributed by atoms with Crippen molar-refractivity contribution in [1.29, 1.82) is 0 Å². The standard InChI is InChI=1S/C21H26N4O3/c26-18-5-4-17(19(27)23-18)25-11-16-13(2-1-3-15(16)20(25)28)10-22-12-21-8-6-14(24-21)7-9-21/h1-3,14,17,22,24H,4-12H2,(H,23,26,27). The highest BCUT2D eigenvalue weighted by Gasteiger charge is 2.44. The maximum absolute atomic E-state index is 12.9. The Bertz CT molecular complexity index is 844. The van der Waals surface area contributed by atoms with Crippen molar-refractivity contribution in [3.05, 3.63) is 34.9 Å². The molecule has 0 spiro atoms. The van der Waals surface area contributed by atoms with Crippen molar-refractivity contribution < 1.29 is 14.4 Å². The van der Waals surface area contributed by atoms with Crippen LogP contribution in [0.5, 0.6) is 0 Å². The average Bonchev–Trinajstić information content (AvgIpc) is 3.36. The Morgan fingerprint density at radius 2 is 1.96 bits per heavy atom. The second-order valence-electron chi connectivity index (χ2n) is 8.65. The molecule has 1 atom stereocenters. The molecule has 2 bridgehead atoms. The molecule has 7 heteroatoms. The van der Waals surface area contributed by atoms with Crippen LogP contribution in [-0.2, 0) is 22.7 Å². The van der Waals surface area contributed by atoms with Crippen molar-refractivity contribution >= 4 is 17.7 Å². The Hall–Kier alpha value is -2.25. The monoisotopic (exact) mass is 382 g/mol. The van der Waals surface area contributed by atoms with E-state index in [0.29, 0.717) is 31.1 Å². The maximum Gasteiger partial charge on any atom is 0.255 e. The van der Waals surface area contributed by atoms with Gasteiger partial charge < -0.3 is 15.5 Å². The van der Waals surface area contributed by atoms with Crippen molar-refractivity contribution in [1.82, 2.24) is 20.9 Å². The molecule has 4 aliphatic heterocycles. The van der Waals surface area contributed by atoms with Gasteiger partial charge in [-0.1, -0.05) is 12.1 Å². The zero-order valence-electron chi connectivity index (χ0n) is 15.9. The highest BCUT2D eigenvalue weighted by Crippen LogP contribution is 2.37. The molecular weight excluding hydrogens is 356 g/mol.